The van der Waals surface area contributed by atoms with Crippen LogP contribution in [0.15, 0.2) is 29.1 Å². The van der Waals surface area contributed by atoms with E-state index in [9.17, 15) is 9.18 Å². The minimum atomic E-state index is -0.292. The summed E-state index contributed by atoms with van der Waals surface area (Å²) in [4.78, 5) is 11.8. The second-order valence-corrected chi connectivity index (χ2v) is 4.14. The predicted octanol–water partition coefficient (Wildman–Crippen LogP) is 2.57. The highest BCUT2D eigenvalue weighted by Crippen LogP contribution is 2.13. The predicted molar refractivity (Wildman–Crippen MR) is 65.1 cm³/mol. The van der Waals surface area contributed by atoms with Crippen LogP contribution in [0.1, 0.15) is 24.6 Å². The Morgan fingerprint density at radius 2 is 2.12 bits per heavy atom. The van der Waals surface area contributed by atoms with Crippen molar-refractivity contribution in [2.75, 3.05) is 0 Å². The molecule has 2 rings (SSSR count). The number of aromatic nitrogens is 2. The van der Waals surface area contributed by atoms with Crippen LogP contribution in [0, 0.1) is 12.7 Å². The van der Waals surface area contributed by atoms with Gasteiger partial charge in [0.15, 0.2) is 0 Å². The van der Waals surface area contributed by atoms with E-state index >= 15 is 0 Å². The third kappa shape index (κ3) is 2.30. The van der Waals surface area contributed by atoms with E-state index in [-0.39, 0.29) is 11.4 Å². The molecular weight excluding hydrogens is 219 g/mol. The molecule has 0 atom stereocenters. The van der Waals surface area contributed by atoms with E-state index in [0.29, 0.717) is 5.69 Å². The topological polar surface area (TPSA) is 37.8 Å². The molecule has 0 unspecified atom stereocenters. The molecule has 17 heavy (non-hydrogen) atoms. The smallest absolute Gasteiger partial charge is 0.271 e. The van der Waals surface area contributed by atoms with Crippen molar-refractivity contribution < 1.29 is 4.39 Å². The lowest BCUT2D eigenvalue weighted by Gasteiger charge is -2.06. The van der Waals surface area contributed by atoms with Crippen molar-refractivity contribution in [3.8, 4) is 5.69 Å². The molecular formula is C13H15FN2O. The van der Waals surface area contributed by atoms with Gasteiger partial charge in [0.2, 0.25) is 0 Å². The van der Waals surface area contributed by atoms with Crippen molar-refractivity contribution in [2.45, 2.75) is 26.7 Å². The first kappa shape index (κ1) is 11.6. The van der Waals surface area contributed by atoms with Gasteiger partial charge in [-0.25, -0.2) is 9.07 Å². The molecule has 0 aliphatic heterocycles. The average Bonchev–Trinajstić information content (AvgIpc) is 2.60. The normalized spacial score (nSPS) is 10.8. The number of hydrogen-bond acceptors (Lipinski definition) is 1. The summed E-state index contributed by atoms with van der Waals surface area (Å²) in [6.45, 7) is 3.84. The molecule has 3 nitrogen and oxygen atoms in total. The van der Waals surface area contributed by atoms with Gasteiger partial charge in [-0.2, -0.15) is 0 Å². The molecule has 1 aromatic carbocycles. The SMILES string of the molecule is CCCc1cc(=O)n(-c2ccc(F)cc2C)[nH]1. The molecule has 2 aromatic rings. The van der Waals surface area contributed by atoms with Crippen molar-refractivity contribution in [1.29, 1.82) is 0 Å². The van der Waals surface area contributed by atoms with Crippen molar-refractivity contribution >= 4 is 0 Å². The highest BCUT2D eigenvalue weighted by molar-refractivity contribution is 5.39. The van der Waals surface area contributed by atoms with Crippen LogP contribution in [0.4, 0.5) is 4.39 Å². The Labute approximate surface area is 98.9 Å². The van der Waals surface area contributed by atoms with Crippen LogP contribution in [-0.4, -0.2) is 9.78 Å². The van der Waals surface area contributed by atoms with Crippen LogP contribution in [0.3, 0.4) is 0 Å². The first-order chi connectivity index (χ1) is 8.11. The standard InChI is InChI=1S/C13H15FN2O/c1-3-4-11-8-13(17)16(15-11)12-6-5-10(14)7-9(12)2/h5-8,15H,3-4H2,1-2H3. The number of H-pyrrole nitrogens is 1. The number of rotatable bonds is 3. The van der Waals surface area contributed by atoms with Gasteiger partial charge in [-0.15, -0.1) is 0 Å². The number of hydrogen-bond donors (Lipinski definition) is 1. The molecule has 1 aromatic heterocycles. The zero-order valence-electron chi connectivity index (χ0n) is 9.96. The lowest BCUT2D eigenvalue weighted by Crippen LogP contribution is -2.14. The van der Waals surface area contributed by atoms with Gasteiger partial charge in [0.25, 0.3) is 5.56 Å². The second-order valence-electron chi connectivity index (χ2n) is 4.14. The highest BCUT2D eigenvalue weighted by atomic mass is 19.1. The summed E-state index contributed by atoms with van der Waals surface area (Å²) in [6, 6.07) is 5.97. The Morgan fingerprint density at radius 3 is 2.76 bits per heavy atom. The zero-order chi connectivity index (χ0) is 12.4. The van der Waals surface area contributed by atoms with Crippen LogP contribution < -0.4 is 5.56 Å². The van der Waals surface area contributed by atoms with Gasteiger partial charge in [0.05, 0.1) is 5.69 Å². The Morgan fingerprint density at radius 1 is 1.35 bits per heavy atom. The first-order valence-electron chi connectivity index (χ1n) is 5.69. The van der Waals surface area contributed by atoms with E-state index in [0.717, 1.165) is 24.1 Å². The molecule has 0 aliphatic rings. The Kier molecular flexibility index (Phi) is 3.13. The van der Waals surface area contributed by atoms with Crippen LogP contribution in [0.2, 0.25) is 0 Å². The summed E-state index contributed by atoms with van der Waals surface area (Å²) in [5.41, 5.74) is 2.22. The van der Waals surface area contributed by atoms with E-state index in [4.69, 9.17) is 0 Å². The Hall–Kier alpha value is -1.84. The summed E-state index contributed by atoms with van der Waals surface area (Å²) in [5.74, 6) is -0.292. The fourth-order valence-corrected chi connectivity index (χ4v) is 1.89. The summed E-state index contributed by atoms with van der Waals surface area (Å²) in [6.07, 6.45) is 1.81. The fraction of sp³-hybridized carbons (Fsp3) is 0.308. The Balaban J connectivity index is 2.49. The summed E-state index contributed by atoms with van der Waals surface area (Å²) in [5, 5.41) is 3.04. The molecule has 0 bridgehead atoms. The van der Waals surface area contributed by atoms with Crippen molar-refractivity contribution in [1.82, 2.24) is 9.78 Å². The maximum absolute atomic E-state index is 13.0. The minimum absolute atomic E-state index is 0.108. The van der Waals surface area contributed by atoms with Gasteiger partial charge in [0.1, 0.15) is 5.82 Å². The van der Waals surface area contributed by atoms with Crippen molar-refractivity contribution in [3.05, 3.63) is 51.7 Å². The molecule has 0 fully saturated rings. The number of halogens is 1. The van der Waals surface area contributed by atoms with Gasteiger partial charge >= 0.3 is 0 Å². The monoisotopic (exact) mass is 234 g/mol. The molecule has 0 radical (unpaired) electrons. The van der Waals surface area contributed by atoms with Gasteiger partial charge in [-0.3, -0.25) is 9.89 Å². The molecule has 0 saturated carbocycles. The van der Waals surface area contributed by atoms with Crippen LogP contribution in [0.25, 0.3) is 5.69 Å². The van der Waals surface area contributed by atoms with E-state index < -0.39 is 0 Å². The van der Waals surface area contributed by atoms with E-state index in [1.54, 1.807) is 19.1 Å². The fourth-order valence-electron chi connectivity index (χ4n) is 1.89. The molecule has 0 amide bonds. The maximum Gasteiger partial charge on any atom is 0.271 e. The molecule has 4 heteroatoms. The lowest BCUT2D eigenvalue weighted by atomic mass is 10.2. The quantitative estimate of drug-likeness (QED) is 0.870. The summed E-state index contributed by atoms with van der Waals surface area (Å²) in [7, 11) is 0. The van der Waals surface area contributed by atoms with E-state index in [2.05, 4.69) is 12.0 Å². The van der Waals surface area contributed by atoms with Crippen LogP contribution >= 0.6 is 0 Å². The molecule has 0 saturated heterocycles. The third-order valence-corrected chi connectivity index (χ3v) is 2.69. The number of aryl methyl sites for hydroxylation is 2. The molecule has 90 valence electrons. The van der Waals surface area contributed by atoms with Gasteiger partial charge in [-0.05, 0) is 37.1 Å². The van der Waals surface area contributed by atoms with E-state index in [1.165, 1.54) is 16.8 Å². The number of nitrogens with one attached hydrogen (secondary N) is 1. The van der Waals surface area contributed by atoms with Crippen molar-refractivity contribution in [3.63, 3.8) is 0 Å². The van der Waals surface area contributed by atoms with Crippen LogP contribution in [0.5, 0.6) is 0 Å². The summed E-state index contributed by atoms with van der Waals surface area (Å²) >= 11 is 0. The molecule has 1 N–H and O–H groups in total. The number of benzene rings is 1. The largest absolute Gasteiger partial charge is 0.295 e. The van der Waals surface area contributed by atoms with Gasteiger partial charge in [0, 0.05) is 11.8 Å². The van der Waals surface area contributed by atoms with Crippen LogP contribution in [-0.2, 0) is 6.42 Å². The van der Waals surface area contributed by atoms with E-state index in [1.807, 2.05) is 0 Å². The summed E-state index contributed by atoms with van der Waals surface area (Å²) < 4.78 is 14.5. The van der Waals surface area contributed by atoms with Gasteiger partial charge in [-0.1, -0.05) is 13.3 Å². The van der Waals surface area contributed by atoms with Gasteiger partial charge < -0.3 is 0 Å². The zero-order valence-corrected chi connectivity index (χ0v) is 9.96. The average molecular weight is 234 g/mol. The lowest BCUT2D eigenvalue weighted by molar-refractivity contribution is 0.625. The van der Waals surface area contributed by atoms with Crippen molar-refractivity contribution in [2.24, 2.45) is 0 Å². The minimum Gasteiger partial charge on any atom is -0.295 e. The molecule has 0 aliphatic carbocycles. The first-order valence-corrected chi connectivity index (χ1v) is 5.69. The third-order valence-electron chi connectivity index (χ3n) is 2.69. The highest BCUT2D eigenvalue weighted by Gasteiger charge is 2.07. The molecule has 0 spiro atoms. The second kappa shape index (κ2) is 4.57. The maximum atomic E-state index is 13.0. The number of aromatic amines is 1. The number of nitrogens with zero attached hydrogens (tertiary/aromatic N) is 1. The molecule has 1 heterocycles. The Bertz CT molecular complexity index is 583.